The van der Waals surface area contributed by atoms with Gasteiger partial charge in [0, 0.05) is 25.7 Å². The zero-order valence-corrected chi connectivity index (χ0v) is 8.90. The quantitative estimate of drug-likeness (QED) is 0.786. The van der Waals surface area contributed by atoms with Crippen LogP contribution in [0.15, 0.2) is 0 Å². The summed E-state index contributed by atoms with van der Waals surface area (Å²) in [5.74, 6) is 0. The first-order valence-corrected chi connectivity index (χ1v) is 4.90. The molecule has 14 heavy (non-hydrogen) atoms. The highest BCUT2D eigenvalue weighted by Crippen LogP contribution is 2.41. The zero-order chi connectivity index (χ0) is 9.47. The van der Waals surface area contributed by atoms with Crippen molar-refractivity contribution in [3.8, 4) is 0 Å². The van der Waals surface area contributed by atoms with Crippen molar-refractivity contribution in [2.75, 3.05) is 19.6 Å². The molecule has 0 aromatic rings. The molecule has 2 fully saturated rings. The number of nitrogens with two attached hydrogens (primary N) is 1. The highest BCUT2D eigenvalue weighted by atomic mass is 35.5. The third-order valence-corrected chi connectivity index (χ3v) is 3.03. The zero-order valence-electron chi connectivity index (χ0n) is 8.09. The summed E-state index contributed by atoms with van der Waals surface area (Å²) in [6.45, 7) is 1.19. The summed E-state index contributed by atoms with van der Waals surface area (Å²) in [6.07, 6.45) is 0.943. The topological polar surface area (TPSA) is 29.3 Å². The smallest absolute Gasteiger partial charge is 0.123 e. The van der Waals surface area contributed by atoms with Crippen LogP contribution in [0.1, 0.15) is 19.3 Å². The van der Waals surface area contributed by atoms with E-state index in [1.54, 1.807) is 0 Å². The lowest BCUT2D eigenvalue weighted by molar-refractivity contribution is 0.162. The number of likely N-dealkylation sites (tertiary alicyclic amines) is 1. The Hall–Kier alpha value is 0.0700. The SMILES string of the molecule is Cl.NC[C@@H]1C[C@H](F)CN1CC1(F)CC1. The molecular weight excluding hydrogens is 210 g/mol. The molecule has 2 rings (SSSR count). The molecule has 1 aliphatic heterocycles. The van der Waals surface area contributed by atoms with Crippen molar-refractivity contribution in [1.82, 2.24) is 4.90 Å². The molecule has 2 atom stereocenters. The van der Waals surface area contributed by atoms with Gasteiger partial charge in [-0.3, -0.25) is 4.90 Å². The highest BCUT2D eigenvalue weighted by molar-refractivity contribution is 5.85. The van der Waals surface area contributed by atoms with Gasteiger partial charge in [0.25, 0.3) is 0 Å². The van der Waals surface area contributed by atoms with Crippen molar-refractivity contribution in [1.29, 1.82) is 0 Å². The van der Waals surface area contributed by atoms with Crippen LogP contribution in [0, 0.1) is 0 Å². The largest absolute Gasteiger partial charge is 0.329 e. The number of halogens is 3. The third kappa shape index (κ3) is 2.55. The molecule has 0 amide bonds. The van der Waals surface area contributed by atoms with Gasteiger partial charge in [-0.15, -0.1) is 12.4 Å². The van der Waals surface area contributed by atoms with Crippen molar-refractivity contribution >= 4 is 12.4 Å². The van der Waals surface area contributed by atoms with Gasteiger partial charge in [-0.05, 0) is 19.3 Å². The molecular formula is C9H17ClF2N2. The molecule has 2 N–H and O–H groups in total. The summed E-state index contributed by atoms with van der Waals surface area (Å²) in [4.78, 5) is 1.87. The van der Waals surface area contributed by atoms with Crippen molar-refractivity contribution in [3.05, 3.63) is 0 Å². The van der Waals surface area contributed by atoms with Gasteiger partial charge in [0.2, 0.25) is 0 Å². The molecule has 0 spiro atoms. The van der Waals surface area contributed by atoms with E-state index in [0.717, 1.165) is 0 Å². The predicted molar refractivity (Wildman–Crippen MR) is 54.2 cm³/mol. The summed E-state index contributed by atoms with van der Waals surface area (Å²) in [7, 11) is 0. The maximum absolute atomic E-state index is 13.4. The Morgan fingerprint density at radius 1 is 1.43 bits per heavy atom. The minimum absolute atomic E-state index is 0. The predicted octanol–water partition coefficient (Wildman–Crippen LogP) is 1.28. The molecule has 2 aliphatic rings. The molecule has 1 saturated carbocycles. The normalized spacial score (nSPS) is 35.4. The van der Waals surface area contributed by atoms with E-state index >= 15 is 0 Å². The van der Waals surface area contributed by atoms with Gasteiger partial charge in [-0.1, -0.05) is 0 Å². The Morgan fingerprint density at radius 3 is 2.57 bits per heavy atom. The molecule has 1 saturated heterocycles. The van der Waals surface area contributed by atoms with Gasteiger partial charge in [-0.25, -0.2) is 8.78 Å². The van der Waals surface area contributed by atoms with Gasteiger partial charge >= 0.3 is 0 Å². The van der Waals surface area contributed by atoms with Crippen molar-refractivity contribution < 1.29 is 8.78 Å². The van der Waals surface area contributed by atoms with Crippen LogP contribution < -0.4 is 5.73 Å². The summed E-state index contributed by atoms with van der Waals surface area (Å²) in [6, 6.07) is 0.0585. The molecule has 0 bridgehead atoms. The monoisotopic (exact) mass is 226 g/mol. The Kier molecular flexibility index (Phi) is 3.72. The van der Waals surface area contributed by atoms with Gasteiger partial charge in [0.1, 0.15) is 11.8 Å². The first-order chi connectivity index (χ1) is 6.13. The van der Waals surface area contributed by atoms with Crippen LogP contribution >= 0.6 is 12.4 Å². The van der Waals surface area contributed by atoms with Crippen LogP contribution in [-0.2, 0) is 0 Å². The maximum Gasteiger partial charge on any atom is 0.123 e. The number of hydrogen-bond acceptors (Lipinski definition) is 2. The Balaban J connectivity index is 0.000000980. The Bertz CT molecular complexity index is 199. The van der Waals surface area contributed by atoms with E-state index < -0.39 is 11.8 Å². The molecule has 0 radical (unpaired) electrons. The molecule has 0 unspecified atom stereocenters. The summed E-state index contributed by atoms with van der Waals surface area (Å²) >= 11 is 0. The minimum Gasteiger partial charge on any atom is -0.329 e. The summed E-state index contributed by atoms with van der Waals surface area (Å²) < 4.78 is 26.4. The van der Waals surface area contributed by atoms with Crippen LogP contribution in [0.25, 0.3) is 0 Å². The fraction of sp³-hybridized carbons (Fsp3) is 1.00. The van der Waals surface area contributed by atoms with Crippen LogP contribution in [0.5, 0.6) is 0 Å². The van der Waals surface area contributed by atoms with Gasteiger partial charge in [0.05, 0.1) is 0 Å². The Morgan fingerprint density at radius 2 is 2.07 bits per heavy atom. The summed E-state index contributed by atoms with van der Waals surface area (Å²) in [5.41, 5.74) is 4.48. The lowest BCUT2D eigenvalue weighted by atomic mass is 10.2. The van der Waals surface area contributed by atoms with Gasteiger partial charge in [-0.2, -0.15) is 0 Å². The molecule has 0 aromatic carbocycles. The van der Waals surface area contributed by atoms with E-state index in [9.17, 15) is 8.78 Å². The van der Waals surface area contributed by atoms with Crippen molar-refractivity contribution in [2.24, 2.45) is 5.73 Å². The number of nitrogens with zero attached hydrogens (tertiary/aromatic N) is 1. The molecule has 1 heterocycles. The van der Waals surface area contributed by atoms with E-state index in [2.05, 4.69) is 0 Å². The summed E-state index contributed by atoms with van der Waals surface area (Å²) in [5, 5.41) is 0. The number of rotatable bonds is 3. The Labute approximate surface area is 89.2 Å². The highest BCUT2D eigenvalue weighted by Gasteiger charge is 2.47. The number of hydrogen-bond donors (Lipinski definition) is 1. The standard InChI is InChI=1S/C9H16F2N2.ClH/c10-7-3-8(4-12)13(5-7)6-9(11)1-2-9;/h7-8H,1-6,12H2;1H/t7-,8-;/m0./s1. The first-order valence-electron chi connectivity index (χ1n) is 4.90. The fourth-order valence-corrected chi connectivity index (χ4v) is 2.02. The second kappa shape index (κ2) is 4.29. The fourth-order valence-electron chi connectivity index (χ4n) is 2.02. The molecule has 84 valence electrons. The minimum atomic E-state index is -1.02. The van der Waals surface area contributed by atoms with E-state index in [1.807, 2.05) is 4.90 Å². The van der Waals surface area contributed by atoms with Gasteiger partial charge in [0.15, 0.2) is 0 Å². The second-order valence-electron chi connectivity index (χ2n) is 4.30. The molecule has 0 aromatic heterocycles. The maximum atomic E-state index is 13.4. The average Bonchev–Trinajstić information content (AvgIpc) is 2.67. The van der Waals surface area contributed by atoms with E-state index in [1.165, 1.54) is 0 Å². The lowest BCUT2D eigenvalue weighted by Crippen LogP contribution is -2.39. The molecule has 1 aliphatic carbocycles. The number of alkyl halides is 2. The molecule has 2 nitrogen and oxygen atoms in total. The van der Waals surface area contributed by atoms with Crippen LogP contribution in [0.3, 0.4) is 0 Å². The third-order valence-electron chi connectivity index (χ3n) is 3.03. The lowest BCUT2D eigenvalue weighted by Gasteiger charge is -2.24. The van der Waals surface area contributed by atoms with Crippen molar-refractivity contribution in [2.45, 2.75) is 37.1 Å². The van der Waals surface area contributed by atoms with Gasteiger partial charge < -0.3 is 5.73 Å². The van der Waals surface area contributed by atoms with Crippen LogP contribution in [0.2, 0.25) is 0 Å². The van der Waals surface area contributed by atoms with E-state index in [4.69, 9.17) is 5.73 Å². The van der Waals surface area contributed by atoms with Crippen LogP contribution in [-0.4, -0.2) is 42.4 Å². The van der Waals surface area contributed by atoms with E-state index in [-0.39, 0.29) is 18.4 Å². The average molecular weight is 227 g/mol. The first kappa shape index (κ1) is 12.1. The molecule has 5 heteroatoms. The van der Waals surface area contributed by atoms with Crippen LogP contribution in [0.4, 0.5) is 8.78 Å². The van der Waals surface area contributed by atoms with E-state index in [0.29, 0.717) is 38.9 Å². The van der Waals surface area contributed by atoms with Crippen molar-refractivity contribution in [3.63, 3.8) is 0 Å². The second-order valence-corrected chi connectivity index (χ2v) is 4.30.